The fourth-order valence-electron chi connectivity index (χ4n) is 1.06. The molecule has 2 rings (SSSR count). The van der Waals surface area contributed by atoms with Crippen LogP contribution >= 0.6 is 11.6 Å². The lowest BCUT2D eigenvalue weighted by Gasteiger charge is -2.02. The average molecular weight is 213 g/mol. The molecule has 1 aromatic heterocycles. The van der Waals surface area contributed by atoms with Crippen LogP contribution in [-0.2, 0) is 0 Å². The van der Waals surface area contributed by atoms with Gasteiger partial charge in [-0.25, -0.2) is 4.39 Å². The molecule has 6 heteroatoms. The van der Waals surface area contributed by atoms with Crippen LogP contribution in [-0.4, -0.2) is 15.0 Å². The van der Waals surface area contributed by atoms with Crippen LogP contribution in [0.15, 0.2) is 24.4 Å². The number of nitrogen functional groups attached to an aromatic ring is 1. The molecule has 72 valence electrons. The molecule has 1 aromatic carbocycles. The third kappa shape index (κ3) is 1.42. The van der Waals surface area contributed by atoms with Gasteiger partial charge >= 0.3 is 0 Å². The van der Waals surface area contributed by atoms with Crippen molar-refractivity contribution in [1.82, 2.24) is 15.0 Å². The summed E-state index contributed by atoms with van der Waals surface area (Å²) in [6.45, 7) is 0. The lowest BCUT2D eigenvalue weighted by atomic mass is 10.3. The molecule has 0 saturated carbocycles. The topological polar surface area (TPSA) is 56.7 Å². The van der Waals surface area contributed by atoms with Crippen LogP contribution in [0.2, 0.25) is 5.02 Å². The highest BCUT2D eigenvalue weighted by molar-refractivity contribution is 6.30. The Labute approximate surface area is 84.1 Å². The Morgan fingerprint density at radius 2 is 2.21 bits per heavy atom. The molecule has 2 aromatic rings. The Kier molecular flexibility index (Phi) is 2.09. The van der Waals surface area contributed by atoms with Gasteiger partial charge in [0.05, 0.1) is 16.9 Å². The van der Waals surface area contributed by atoms with Gasteiger partial charge < -0.3 is 5.73 Å². The van der Waals surface area contributed by atoms with E-state index in [1.165, 1.54) is 29.1 Å². The highest BCUT2D eigenvalue weighted by atomic mass is 35.5. The van der Waals surface area contributed by atoms with Crippen molar-refractivity contribution in [2.75, 3.05) is 5.73 Å². The number of halogens is 2. The fourth-order valence-corrected chi connectivity index (χ4v) is 1.24. The van der Waals surface area contributed by atoms with Crippen LogP contribution in [0.4, 0.5) is 10.2 Å². The maximum absolute atomic E-state index is 12.8. The Hall–Kier alpha value is -1.62. The molecular weight excluding hydrogens is 207 g/mol. The molecule has 0 saturated heterocycles. The maximum atomic E-state index is 12.8. The summed E-state index contributed by atoms with van der Waals surface area (Å²) in [6.07, 6.45) is 1.40. The summed E-state index contributed by atoms with van der Waals surface area (Å²) in [5.74, 6) is -0.109. The van der Waals surface area contributed by atoms with Crippen LogP contribution in [0.25, 0.3) is 5.69 Å². The van der Waals surface area contributed by atoms with Crippen LogP contribution in [0, 0.1) is 5.82 Å². The van der Waals surface area contributed by atoms with Crippen molar-refractivity contribution >= 4 is 17.4 Å². The molecule has 0 spiro atoms. The van der Waals surface area contributed by atoms with Crippen molar-refractivity contribution in [3.63, 3.8) is 0 Å². The molecule has 2 N–H and O–H groups in total. The third-order valence-corrected chi connectivity index (χ3v) is 2.01. The molecule has 0 fully saturated rings. The Balaban J connectivity index is 2.53. The van der Waals surface area contributed by atoms with Crippen LogP contribution in [0.3, 0.4) is 0 Å². The third-order valence-electron chi connectivity index (χ3n) is 1.72. The minimum Gasteiger partial charge on any atom is -0.382 e. The predicted molar refractivity (Wildman–Crippen MR) is 50.7 cm³/mol. The van der Waals surface area contributed by atoms with E-state index >= 15 is 0 Å². The Bertz CT molecular complexity index is 468. The summed E-state index contributed by atoms with van der Waals surface area (Å²) in [5.41, 5.74) is 6.14. The predicted octanol–water partition coefficient (Wildman–Crippen LogP) is 1.64. The number of aromatic nitrogens is 3. The zero-order valence-electron chi connectivity index (χ0n) is 6.98. The number of nitrogens with two attached hydrogens (primary N) is 1. The van der Waals surface area contributed by atoms with Gasteiger partial charge in [0.15, 0.2) is 0 Å². The minimum atomic E-state index is -0.478. The largest absolute Gasteiger partial charge is 0.382 e. The van der Waals surface area contributed by atoms with Gasteiger partial charge in [-0.2, -0.15) is 4.68 Å². The van der Waals surface area contributed by atoms with E-state index in [0.717, 1.165) is 0 Å². The molecule has 0 atom stereocenters. The first-order valence-electron chi connectivity index (χ1n) is 3.80. The van der Waals surface area contributed by atoms with Gasteiger partial charge in [0, 0.05) is 0 Å². The summed E-state index contributed by atoms with van der Waals surface area (Å²) in [4.78, 5) is 0. The van der Waals surface area contributed by atoms with Crippen molar-refractivity contribution in [3.8, 4) is 5.69 Å². The number of hydrogen-bond donors (Lipinski definition) is 1. The van der Waals surface area contributed by atoms with E-state index in [0.29, 0.717) is 11.5 Å². The molecule has 0 unspecified atom stereocenters. The fraction of sp³-hybridized carbons (Fsp3) is 0. The standard InChI is InChI=1S/C8H6ClFN4/c9-6-3-5(1-2-7(6)10)14-8(11)4-12-13-14/h1-4H,11H2. The first-order valence-corrected chi connectivity index (χ1v) is 4.18. The second kappa shape index (κ2) is 3.26. The number of nitrogens with zero attached hydrogens (tertiary/aromatic N) is 3. The zero-order chi connectivity index (χ0) is 10.1. The second-order valence-electron chi connectivity index (χ2n) is 2.67. The maximum Gasteiger partial charge on any atom is 0.147 e. The number of anilines is 1. The van der Waals surface area contributed by atoms with E-state index in [2.05, 4.69) is 10.3 Å². The van der Waals surface area contributed by atoms with Gasteiger partial charge in [0.25, 0.3) is 0 Å². The van der Waals surface area contributed by atoms with Gasteiger partial charge in [-0.15, -0.1) is 5.10 Å². The average Bonchev–Trinajstić information content (AvgIpc) is 2.57. The van der Waals surface area contributed by atoms with Crippen LogP contribution in [0.5, 0.6) is 0 Å². The molecule has 0 amide bonds. The van der Waals surface area contributed by atoms with Crippen LogP contribution in [0.1, 0.15) is 0 Å². The SMILES string of the molecule is Nc1cnnn1-c1ccc(F)c(Cl)c1. The van der Waals surface area contributed by atoms with Gasteiger partial charge in [-0.3, -0.25) is 0 Å². The molecular formula is C8H6ClFN4. The molecule has 0 aliphatic heterocycles. The highest BCUT2D eigenvalue weighted by Gasteiger charge is 2.05. The normalized spacial score (nSPS) is 10.4. The quantitative estimate of drug-likeness (QED) is 0.782. The van der Waals surface area contributed by atoms with Crippen molar-refractivity contribution in [2.45, 2.75) is 0 Å². The zero-order valence-corrected chi connectivity index (χ0v) is 7.74. The Morgan fingerprint density at radius 1 is 1.43 bits per heavy atom. The summed E-state index contributed by atoms with van der Waals surface area (Å²) in [5, 5.41) is 7.34. The molecule has 0 aliphatic rings. The van der Waals surface area contributed by atoms with Crippen molar-refractivity contribution in [3.05, 3.63) is 35.2 Å². The smallest absolute Gasteiger partial charge is 0.147 e. The minimum absolute atomic E-state index is 0.0254. The first-order chi connectivity index (χ1) is 6.68. The highest BCUT2D eigenvalue weighted by Crippen LogP contribution is 2.19. The first kappa shape index (κ1) is 8.96. The van der Waals surface area contributed by atoms with Crippen molar-refractivity contribution < 1.29 is 4.39 Å². The van der Waals surface area contributed by atoms with E-state index in [-0.39, 0.29) is 5.02 Å². The number of hydrogen-bond acceptors (Lipinski definition) is 3. The molecule has 0 radical (unpaired) electrons. The summed E-state index contributed by atoms with van der Waals surface area (Å²) < 4.78 is 14.2. The van der Waals surface area contributed by atoms with Gasteiger partial charge in [0.1, 0.15) is 11.6 Å². The summed E-state index contributed by atoms with van der Waals surface area (Å²) in [7, 11) is 0. The molecule has 0 bridgehead atoms. The van der Waals surface area contributed by atoms with Crippen LogP contribution < -0.4 is 5.73 Å². The monoisotopic (exact) mass is 212 g/mol. The number of benzene rings is 1. The molecule has 14 heavy (non-hydrogen) atoms. The van der Waals surface area contributed by atoms with E-state index in [9.17, 15) is 4.39 Å². The lowest BCUT2D eigenvalue weighted by molar-refractivity contribution is 0.627. The van der Waals surface area contributed by atoms with Gasteiger partial charge in [-0.1, -0.05) is 16.8 Å². The summed E-state index contributed by atoms with van der Waals surface area (Å²) in [6, 6.07) is 4.20. The number of rotatable bonds is 1. The van der Waals surface area contributed by atoms with Crippen molar-refractivity contribution in [2.24, 2.45) is 0 Å². The van der Waals surface area contributed by atoms with Crippen molar-refractivity contribution in [1.29, 1.82) is 0 Å². The summed E-state index contributed by atoms with van der Waals surface area (Å²) >= 11 is 5.61. The molecule has 1 heterocycles. The van der Waals surface area contributed by atoms with Gasteiger partial charge in [0.2, 0.25) is 0 Å². The van der Waals surface area contributed by atoms with Gasteiger partial charge in [-0.05, 0) is 18.2 Å². The van der Waals surface area contributed by atoms with E-state index < -0.39 is 5.82 Å². The van der Waals surface area contributed by atoms with E-state index in [1.807, 2.05) is 0 Å². The lowest BCUT2D eigenvalue weighted by Crippen LogP contribution is -2.01. The Morgan fingerprint density at radius 3 is 2.79 bits per heavy atom. The van der Waals surface area contributed by atoms with E-state index in [4.69, 9.17) is 17.3 Å². The van der Waals surface area contributed by atoms with E-state index in [1.54, 1.807) is 0 Å². The molecule has 0 aliphatic carbocycles. The second-order valence-corrected chi connectivity index (χ2v) is 3.08. The molecule has 4 nitrogen and oxygen atoms in total.